The molecule has 1 aliphatic rings. The van der Waals surface area contributed by atoms with Crippen molar-refractivity contribution in [2.75, 3.05) is 0 Å². The van der Waals surface area contributed by atoms with Crippen LogP contribution in [0.1, 0.15) is 41.4 Å². The highest BCUT2D eigenvalue weighted by Crippen LogP contribution is 2.41. The van der Waals surface area contributed by atoms with E-state index in [1.165, 1.54) is 16.7 Å². The van der Waals surface area contributed by atoms with Crippen LogP contribution in [0.3, 0.4) is 0 Å². The third kappa shape index (κ3) is 2.86. The molecule has 0 bridgehead atoms. The van der Waals surface area contributed by atoms with Crippen LogP contribution in [0.2, 0.25) is 0 Å². The fourth-order valence-corrected chi connectivity index (χ4v) is 2.40. The van der Waals surface area contributed by atoms with Crippen LogP contribution in [-0.4, -0.2) is 26.8 Å². The molecule has 1 aromatic heterocycles. The third-order valence-corrected chi connectivity index (χ3v) is 3.59. The minimum Gasteiger partial charge on any atom is -0.478 e. The molecule has 0 spiro atoms. The molecular formula is C14H13F3N2O2. The molecule has 0 saturated heterocycles. The predicted molar refractivity (Wildman–Crippen MR) is 69.3 cm³/mol. The number of nitrogens with zero attached hydrogens (tertiary/aromatic N) is 2. The molecule has 0 amide bonds. The van der Waals surface area contributed by atoms with Gasteiger partial charge in [-0.2, -0.15) is 13.2 Å². The van der Waals surface area contributed by atoms with E-state index >= 15 is 0 Å². The molecule has 0 unspecified atom stereocenters. The van der Waals surface area contributed by atoms with Gasteiger partial charge in [0.05, 0.1) is 23.0 Å². The largest absolute Gasteiger partial charge is 0.478 e. The number of hydrogen-bond acceptors (Lipinski definition) is 2. The van der Waals surface area contributed by atoms with E-state index in [0.717, 1.165) is 12.8 Å². The number of carboxylic acid groups (broad SMARTS) is 1. The van der Waals surface area contributed by atoms with Gasteiger partial charge in [-0.1, -0.05) is 0 Å². The lowest BCUT2D eigenvalue weighted by Gasteiger charge is -2.11. The van der Waals surface area contributed by atoms with E-state index in [2.05, 4.69) is 4.98 Å². The first-order chi connectivity index (χ1) is 9.85. The van der Waals surface area contributed by atoms with E-state index in [1.54, 1.807) is 6.07 Å². The number of rotatable bonds is 4. The van der Waals surface area contributed by atoms with E-state index in [4.69, 9.17) is 5.11 Å². The Hall–Kier alpha value is -2.05. The summed E-state index contributed by atoms with van der Waals surface area (Å²) < 4.78 is 38.9. The zero-order chi connectivity index (χ0) is 15.2. The highest BCUT2D eigenvalue weighted by molar-refractivity contribution is 5.92. The van der Waals surface area contributed by atoms with Gasteiger partial charge < -0.3 is 9.67 Å². The number of aromatic carboxylic acids is 1. The second-order valence-electron chi connectivity index (χ2n) is 5.27. The van der Waals surface area contributed by atoms with Crippen LogP contribution < -0.4 is 0 Å². The number of hydrogen-bond donors (Lipinski definition) is 1. The normalized spacial score (nSPS) is 15.6. The number of alkyl halides is 3. The fourth-order valence-electron chi connectivity index (χ4n) is 2.40. The number of benzene rings is 1. The number of carboxylic acids is 1. The van der Waals surface area contributed by atoms with E-state index < -0.39 is 18.6 Å². The lowest BCUT2D eigenvalue weighted by atomic mass is 10.2. The maximum atomic E-state index is 12.5. The predicted octanol–water partition coefficient (Wildman–Crippen LogP) is 3.56. The van der Waals surface area contributed by atoms with Crippen molar-refractivity contribution in [3.05, 3.63) is 29.6 Å². The molecule has 1 saturated carbocycles. The van der Waals surface area contributed by atoms with Gasteiger partial charge in [-0.15, -0.1) is 0 Å². The Morgan fingerprint density at radius 1 is 1.38 bits per heavy atom. The van der Waals surface area contributed by atoms with E-state index in [-0.39, 0.29) is 18.0 Å². The van der Waals surface area contributed by atoms with Crippen molar-refractivity contribution >= 4 is 17.0 Å². The van der Waals surface area contributed by atoms with E-state index in [9.17, 15) is 18.0 Å². The molecule has 1 heterocycles. The fraction of sp³-hybridized carbons (Fsp3) is 0.429. The third-order valence-electron chi connectivity index (χ3n) is 3.59. The van der Waals surface area contributed by atoms with Crippen molar-refractivity contribution < 1.29 is 23.1 Å². The molecule has 1 fully saturated rings. The number of carbonyl (C=O) groups is 1. The Bertz CT molecular complexity index is 702. The summed E-state index contributed by atoms with van der Waals surface area (Å²) in [4.78, 5) is 15.4. The summed E-state index contributed by atoms with van der Waals surface area (Å²) in [6, 6.07) is 4.37. The summed E-state index contributed by atoms with van der Waals surface area (Å²) in [6.45, 7) is -0.227. The molecule has 1 aromatic carbocycles. The van der Waals surface area contributed by atoms with Crippen molar-refractivity contribution in [3.63, 3.8) is 0 Å². The molecule has 112 valence electrons. The standard InChI is InChI=1S/C14H13F3N2O2/c15-14(16,17)5-6-19-11-7-9(13(20)21)3-4-10(11)18-12(19)8-1-2-8/h3-4,7-8H,1-2,5-6H2,(H,20,21). The van der Waals surface area contributed by atoms with Crippen LogP contribution in [0.4, 0.5) is 13.2 Å². The molecule has 4 nitrogen and oxygen atoms in total. The lowest BCUT2D eigenvalue weighted by molar-refractivity contribution is -0.136. The zero-order valence-corrected chi connectivity index (χ0v) is 11.0. The average Bonchev–Trinajstić information content (AvgIpc) is 3.16. The molecule has 0 radical (unpaired) electrons. The van der Waals surface area contributed by atoms with Gasteiger partial charge in [0.1, 0.15) is 5.82 Å². The topological polar surface area (TPSA) is 55.1 Å². The highest BCUT2D eigenvalue weighted by Gasteiger charge is 2.32. The van der Waals surface area contributed by atoms with Crippen molar-refractivity contribution in [1.82, 2.24) is 9.55 Å². The maximum absolute atomic E-state index is 12.5. The average molecular weight is 298 g/mol. The zero-order valence-electron chi connectivity index (χ0n) is 11.0. The van der Waals surface area contributed by atoms with Crippen molar-refractivity contribution in [2.45, 2.75) is 37.9 Å². The van der Waals surface area contributed by atoms with Gasteiger partial charge in [0, 0.05) is 12.5 Å². The number of fused-ring (bicyclic) bond motifs is 1. The summed E-state index contributed by atoms with van der Waals surface area (Å²) in [7, 11) is 0. The molecule has 1 N–H and O–H groups in total. The van der Waals surface area contributed by atoms with Crippen molar-refractivity contribution in [1.29, 1.82) is 0 Å². The van der Waals surface area contributed by atoms with Crippen LogP contribution in [0.5, 0.6) is 0 Å². The first-order valence-corrected chi connectivity index (χ1v) is 6.65. The second-order valence-corrected chi connectivity index (χ2v) is 5.27. The molecule has 0 aliphatic heterocycles. The summed E-state index contributed by atoms with van der Waals surface area (Å²) >= 11 is 0. The van der Waals surface area contributed by atoms with Crippen molar-refractivity contribution in [3.8, 4) is 0 Å². The Labute approximate surface area is 118 Å². The lowest BCUT2D eigenvalue weighted by Crippen LogP contribution is -2.13. The Balaban J connectivity index is 2.06. The van der Waals surface area contributed by atoms with Gasteiger partial charge in [0.25, 0.3) is 0 Å². The monoisotopic (exact) mass is 298 g/mol. The molecule has 1 aliphatic carbocycles. The SMILES string of the molecule is O=C(O)c1ccc2nc(C3CC3)n(CCC(F)(F)F)c2c1. The minimum atomic E-state index is -4.25. The first-order valence-electron chi connectivity index (χ1n) is 6.65. The Morgan fingerprint density at radius 2 is 2.10 bits per heavy atom. The molecule has 0 atom stereocenters. The molecule has 21 heavy (non-hydrogen) atoms. The summed E-state index contributed by atoms with van der Waals surface area (Å²) in [5, 5.41) is 9.01. The Kier molecular flexibility index (Phi) is 3.15. The number of halogens is 3. The molecular weight excluding hydrogens is 285 g/mol. The van der Waals surface area contributed by atoms with Gasteiger partial charge in [-0.05, 0) is 31.0 Å². The maximum Gasteiger partial charge on any atom is 0.390 e. The van der Waals surface area contributed by atoms with E-state index in [1.807, 2.05) is 0 Å². The van der Waals surface area contributed by atoms with Crippen LogP contribution in [0, 0.1) is 0 Å². The highest BCUT2D eigenvalue weighted by atomic mass is 19.4. The number of aromatic nitrogens is 2. The van der Waals surface area contributed by atoms with Gasteiger partial charge in [0.2, 0.25) is 0 Å². The van der Waals surface area contributed by atoms with Gasteiger partial charge >= 0.3 is 12.1 Å². The van der Waals surface area contributed by atoms with Crippen LogP contribution in [-0.2, 0) is 6.54 Å². The van der Waals surface area contributed by atoms with Gasteiger partial charge in [-0.25, -0.2) is 9.78 Å². The number of imidazole rings is 1. The van der Waals surface area contributed by atoms with Crippen LogP contribution in [0.15, 0.2) is 18.2 Å². The van der Waals surface area contributed by atoms with E-state index in [0.29, 0.717) is 16.9 Å². The quantitative estimate of drug-likeness (QED) is 0.939. The molecule has 3 rings (SSSR count). The Morgan fingerprint density at radius 3 is 2.67 bits per heavy atom. The van der Waals surface area contributed by atoms with Crippen LogP contribution in [0.25, 0.3) is 11.0 Å². The molecule has 2 aromatic rings. The minimum absolute atomic E-state index is 0.0537. The second kappa shape index (κ2) is 4.75. The molecule has 7 heteroatoms. The summed E-state index contributed by atoms with van der Waals surface area (Å²) in [6.07, 6.45) is -3.36. The summed E-state index contributed by atoms with van der Waals surface area (Å²) in [5.74, 6) is -0.274. The van der Waals surface area contributed by atoms with Crippen LogP contribution >= 0.6 is 0 Å². The van der Waals surface area contributed by atoms with Gasteiger partial charge in [0.15, 0.2) is 0 Å². The first kappa shape index (κ1) is 13.9. The van der Waals surface area contributed by atoms with Gasteiger partial charge in [-0.3, -0.25) is 0 Å². The smallest absolute Gasteiger partial charge is 0.390 e. The van der Waals surface area contributed by atoms with Crippen molar-refractivity contribution in [2.24, 2.45) is 0 Å². The summed E-state index contributed by atoms with van der Waals surface area (Å²) in [5.41, 5.74) is 1.06. The number of aryl methyl sites for hydroxylation is 1.